The number of hydrogen-bond donors (Lipinski definition) is 2. The molecule has 3 nitrogen and oxygen atoms in total. The fraction of sp³-hybridized carbons (Fsp3) is 0. The highest BCUT2D eigenvalue weighted by Crippen LogP contribution is 2.26. The Hall–Kier alpha value is -1.52. The van der Waals surface area contributed by atoms with Gasteiger partial charge in [0.15, 0.2) is 5.82 Å². The molecule has 88 valence electrons. The van der Waals surface area contributed by atoms with Crippen molar-refractivity contribution < 1.29 is 4.39 Å². The Morgan fingerprint density at radius 2 is 1.94 bits per heavy atom. The van der Waals surface area contributed by atoms with E-state index in [1.165, 1.54) is 30.5 Å². The van der Waals surface area contributed by atoms with Crippen LogP contribution in [0.15, 0.2) is 30.5 Å². The molecule has 0 aliphatic heterocycles. The summed E-state index contributed by atoms with van der Waals surface area (Å²) in [6.45, 7) is 0. The number of pyridine rings is 1. The molecule has 3 N–H and O–H groups in total. The zero-order chi connectivity index (χ0) is 12.4. The molecule has 0 atom stereocenters. The zero-order valence-corrected chi connectivity index (χ0v) is 10.1. The van der Waals surface area contributed by atoms with E-state index in [1.54, 1.807) is 0 Å². The van der Waals surface area contributed by atoms with Crippen LogP contribution in [0.3, 0.4) is 0 Å². The maximum atomic E-state index is 13.5. The minimum absolute atomic E-state index is 0.207. The molecular weight excluding hydrogens is 264 g/mol. The van der Waals surface area contributed by atoms with Crippen LogP contribution in [0.25, 0.3) is 0 Å². The number of anilines is 3. The van der Waals surface area contributed by atoms with Gasteiger partial charge < -0.3 is 11.1 Å². The number of benzene rings is 1. The van der Waals surface area contributed by atoms with E-state index in [2.05, 4.69) is 10.3 Å². The first-order valence-corrected chi connectivity index (χ1v) is 5.45. The molecule has 0 fully saturated rings. The Morgan fingerprint density at radius 1 is 1.18 bits per heavy atom. The van der Waals surface area contributed by atoms with Gasteiger partial charge in [-0.2, -0.15) is 0 Å². The monoisotopic (exact) mass is 271 g/mol. The fourth-order valence-corrected chi connectivity index (χ4v) is 1.62. The maximum absolute atomic E-state index is 13.5. The zero-order valence-electron chi connectivity index (χ0n) is 8.55. The highest BCUT2D eigenvalue weighted by Gasteiger charge is 2.07. The lowest BCUT2D eigenvalue weighted by atomic mass is 10.3. The molecule has 2 rings (SSSR count). The van der Waals surface area contributed by atoms with Gasteiger partial charge in [-0.1, -0.05) is 23.2 Å². The largest absolute Gasteiger partial charge is 0.396 e. The molecule has 0 radical (unpaired) electrons. The molecular formula is C11H8Cl2FN3. The Morgan fingerprint density at radius 3 is 2.65 bits per heavy atom. The summed E-state index contributed by atoms with van der Waals surface area (Å²) in [6.07, 6.45) is 1.42. The molecule has 6 heteroatoms. The topological polar surface area (TPSA) is 50.9 Å². The van der Waals surface area contributed by atoms with E-state index in [9.17, 15) is 4.39 Å². The second-order valence-corrected chi connectivity index (χ2v) is 4.21. The molecule has 17 heavy (non-hydrogen) atoms. The van der Waals surface area contributed by atoms with Crippen LogP contribution >= 0.6 is 23.2 Å². The van der Waals surface area contributed by atoms with E-state index in [0.717, 1.165) is 0 Å². The van der Waals surface area contributed by atoms with Crippen molar-refractivity contribution in [2.24, 2.45) is 0 Å². The van der Waals surface area contributed by atoms with E-state index in [-0.39, 0.29) is 5.69 Å². The van der Waals surface area contributed by atoms with Crippen LogP contribution in [-0.2, 0) is 0 Å². The summed E-state index contributed by atoms with van der Waals surface area (Å²) in [5, 5.41) is 3.59. The van der Waals surface area contributed by atoms with Gasteiger partial charge in [0.2, 0.25) is 0 Å². The third kappa shape index (κ3) is 2.78. The summed E-state index contributed by atoms with van der Waals surface area (Å²) < 4.78 is 13.5. The number of nitrogens with zero attached hydrogens (tertiary/aromatic N) is 1. The second-order valence-electron chi connectivity index (χ2n) is 3.34. The standard InChI is InChI=1S/C11H8Cl2FN3/c12-6-1-2-8(14)10(4-6)17-11-9(15)3-7(13)5-16-11/h1-5H,15H2,(H,16,17). The summed E-state index contributed by atoms with van der Waals surface area (Å²) in [5.41, 5.74) is 6.23. The van der Waals surface area contributed by atoms with Crippen molar-refractivity contribution in [3.63, 3.8) is 0 Å². The van der Waals surface area contributed by atoms with E-state index in [0.29, 0.717) is 21.6 Å². The molecule has 0 bridgehead atoms. The van der Waals surface area contributed by atoms with Crippen LogP contribution in [0.4, 0.5) is 21.6 Å². The summed E-state index contributed by atoms with van der Waals surface area (Å²) >= 11 is 11.5. The van der Waals surface area contributed by atoms with Gasteiger partial charge in [0.1, 0.15) is 5.82 Å². The summed E-state index contributed by atoms with van der Waals surface area (Å²) in [6, 6.07) is 5.70. The SMILES string of the molecule is Nc1cc(Cl)cnc1Nc1cc(Cl)ccc1F. The highest BCUT2D eigenvalue weighted by atomic mass is 35.5. The summed E-state index contributed by atoms with van der Waals surface area (Å²) in [4.78, 5) is 3.97. The quantitative estimate of drug-likeness (QED) is 0.872. The Labute approximate surface area is 107 Å². The normalized spacial score (nSPS) is 10.3. The smallest absolute Gasteiger partial charge is 0.153 e. The van der Waals surface area contributed by atoms with Crippen molar-refractivity contribution in [3.8, 4) is 0 Å². The average molecular weight is 272 g/mol. The number of rotatable bonds is 2. The van der Waals surface area contributed by atoms with Crippen LogP contribution in [0.1, 0.15) is 0 Å². The molecule has 2 aromatic rings. The van der Waals surface area contributed by atoms with Gasteiger partial charge in [0, 0.05) is 11.2 Å². The average Bonchev–Trinajstić information content (AvgIpc) is 2.27. The number of hydrogen-bond acceptors (Lipinski definition) is 3. The first-order valence-electron chi connectivity index (χ1n) is 4.69. The number of nitrogen functional groups attached to an aromatic ring is 1. The summed E-state index contributed by atoms with van der Waals surface area (Å²) in [7, 11) is 0. The predicted molar refractivity (Wildman–Crippen MR) is 68.4 cm³/mol. The van der Waals surface area contributed by atoms with Crippen molar-refractivity contribution in [3.05, 3.63) is 46.3 Å². The second kappa shape index (κ2) is 4.77. The van der Waals surface area contributed by atoms with Gasteiger partial charge in [-0.05, 0) is 24.3 Å². The van der Waals surface area contributed by atoms with Crippen LogP contribution in [-0.4, -0.2) is 4.98 Å². The van der Waals surface area contributed by atoms with Gasteiger partial charge in [0.25, 0.3) is 0 Å². The van der Waals surface area contributed by atoms with Crippen molar-refractivity contribution in [1.82, 2.24) is 4.98 Å². The van der Waals surface area contributed by atoms with Gasteiger partial charge in [0.05, 0.1) is 16.4 Å². The van der Waals surface area contributed by atoms with Crippen molar-refractivity contribution in [2.75, 3.05) is 11.1 Å². The third-order valence-electron chi connectivity index (χ3n) is 2.07. The first kappa shape index (κ1) is 12.0. The molecule has 0 spiro atoms. The van der Waals surface area contributed by atoms with Gasteiger partial charge >= 0.3 is 0 Å². The van der Waals surface area contributed by atoms with Crippen LogP contribution in [0.2, 0.25) is 10.0 Å². The number of nitrogens with two attached hydrogens (primary N) is 1. The molecule has 0 aliphatic carbocycles. The molecule has 0 unspecified atom stereocenters. The summed E-state index contributed by atoms with van der Waals surface area (Å²) in [5.74, 6) is -0.110. The highest BCUT2D eigenvalue weighted by molar-refractivity contribution is 6.31. The minimum Gasteiger partial charge on any atom is -0.396 e. The number of nitrogens with one attached hydrogen (secondary N) is 1. The van der Waals surface area contributed by atoms with Gasteiger partial charge in [-0.25, -0.2) is 9.37 Å². The fourth-order valence-electron chi connectivity index (χ4n) is 1.28. The first-order chi connectivity index (χ1) is 8.06. The lowest BCUT2D eigenvalue weighted by Gasteiger charge is -2.09. The molecule has 0 saturated heterocycles. The number of aromatic nitrogens is 1. The van der Waals surface area contributed by atoms with Crippen LogP contribution < -0.4 is 11.1 Å². The third-order valence-corrected chi connectivity index (χ3v) is 2.51. The predicted octanol–water partition coefficient (Wildman–Crippen LogP) is 3.85. The Balaban J connectivity index is 2.34. The van der Waals surface area contributed by atoms with Crippen molar-refractivity contribution >= 4 is 40.4 Å². The minimum atomic E-state index is -0.439. The number of halogens is 3. The molecule has 1 heterocycles. The van der Waals surface area contributed by atoms with Crippen molar-refractivity contribution in [1.29, 1.82) is 0 Å². The lowest BCUT2D eigenvalue weighted by molar-refractivity contribution is 0.632. The van der Waals surface area contributed by atoms with Crippen LogP contribution in [0.5, 0.6) is 0 Å². The van der Waals surface area contributed by atoms with E-state index in [1.807, 2.05) is 0 Å². The van der Waals surface area contributed by atoms with Crippen molar-refractivity contribution in [2.45, 2.75) is 0 Å². The molecule has 0 saturated carbocycles. The molecule has 0 aliphatic rings. The molecule has 0 amide bonds. The van der Waals surface area contributed by atoms with Gasteiger partial charge in [-0.15, -0.1) is 0 Å². The van der Waals surface area contributed by atoms with Crippen LogP contribution in [0, 0.1) is 5.82 Å². The van der Waals surface area contributed by atoms with Gasteiger partial charge in [-0.3, -0.25) is 0 Å². The maximum Gasteiger partial charge on any atom is 0.153 e. The molecule has 1 aromatic heterocycles. The molecule has 1 aromatic carbocycles. The Bertz CT molecular complexity index is 560. The van der Waals surface area contributed by atoms with E-state index >= 15 is 0 Å². The van der Waals surface area contributed by atoms with E-state index < -0.39 is 5.82 Å². The van der Waals surface area contributed by atoms with E-state index in [4.69, 9.17) is 28.9 Å². The Kier molecular flexibility index (Phi) is 3.36. The lowest BCUT2D eigenvalue weighted by Crippen LogP contribution is -2.00.